The summed E-state index contributed by atoms with van der Waals surface area (Å²) in [6.07, 6.45) is -0.806. The van der Waals surface area contributed by atoms with Crippen molar-refractivity contribution in [3.63, 3.8) is 0 Å². The van der Waals surface area contributed by atoms with Gasteiger partial charge in [0, 0.05) is 5.56 Å². The van der Waals surface area contributed by atoms with Crippen molar-refractivity contribution in [3.8, 4) is 17.2 Å². The Bertz CT molecular complexity index is 1050. The summed E-state index contributed by atoms with van der Waals surface area (Å²) in [7, 11) is 0. The van der Waals surface area contributed by atoms with Gasteiger partial charge in [-0.15, -0.1) is 0 Å². The molecule has 2 N–H and O–H groups in total. The molecule has 6 heteroatoms. The van der Waals surface area contributed by atoms with Gasteiger partial charge < -0.3 is 14.6 Å². The summed E-state index contributed by atoms with van der Waals surface area (Å²) in [4.78, 5) is 12.4. The molecule has 0 saturated heterocycles. The highest BCUT2D eigenvalue weighted by atomic mass is 16.6. The highest BCUT2D eigenvalue weighted by Gasteiger charge is 2.27. The van der Waals surface area contributed by atoms with E-state index in [4.69, 9.17) is 9.47 Å². The van der Waals surface area contributed by atoms with Gasteiger partial charge in [-0.05, 0) is 42.0 Å². The number of hydrogen-bond acceptors (Lipinski definition) is 5. The van der Waals surface area contributed by atoms with E-state index < -0.39 is 12.0 Å². The average molecular weight is 362 g/mol. The third kappa shape index (κ3) is 3.42. The van der Waals surface area contributed by atoms with Crippen molar-refractivity contribution in [2.45, 2.75) is 13.0 Å². The maximum Gasteiger partial charge on any atom is 0.284 e. The summed E-state index contributed by atoms with van der Waals surface area (Å²) in [6, 6.07) is 18.4. The molecule has 4 rings (SSSR count). The highest BCUT2D eigenvalue weighted by molar-refractivity contribution is 6.01. The van der Waals surface area contributed by atoms with Crippen LogP contribution in [0.3, 0.4) is 0 Å². The van der Waals surface area contributed by atoms with E-state index in [1.807, 2.05) is 36.4 Å². The zero-order valence-corrected chi connectivity index (χ0v) is 14.7. The van der Waals surface area contributed by atoms with E-state index >= 15 is 0 Å². The van der Waals surface area contributed by atoms with Crippen molar-refractivity contribution in [1.82, 2.24) is 5.43 Å². The smallest absolute Gasteiger partial charge is 0.284 e. The van der Waals surface area contributed by atoms with Crippen molar-refractivity contribution in [3.05, 3.63) is 66.2 Å². The van der Waals surface area contributed by atoms with Crippen LogP contribution < -0.4 is 14.9 Å². The Morgan fingerprint density at radius 1 is 1.07 bits per heavy atom. The van der Waals surface area contributed by atoms with E-state index in [0.717, 1.165) is 10.8 Å². The number of para-hydroxylation sites is 1. The fourth-order valence-corrected chi connectivity index (χ4v) is 2.94. The van der Waals surface area contributed by atoms with E-state index in [1.54, 1.807) is 31.2 Å². The van der Waals surface area contributed by atoms with Gasteiger partial charge in [-0.1, -0.05) is 36.4 Å². The Balaban J connectivity index is 1.48. The number of phenols is 1. The summed E-state index contributed by atoms with van der Waals surface area (Å²) in [6.45, 7) is 1.80. The third-order valence-electron chi connectivity index (χ3n) is 4.39. The molecule has 0 radical (unpaired) electrons. The SMILES string of the molecule is CC(=NNC(=O)C1COc2cc3ccccc3cc2O1)c1ccccc1O. The number of nitrogens with one attached hydrogen (secondary N) is 1. The summed E-state index contributed by atoms with van der Waals surface area (Å²) in [5, 5.41) is 16.0. The van der Waals surface area contributed by atoms with Crippen molar-refractivity contribution in [1.29, 1.82) is 0 Å². The Morgan fingerprint density at radius 3 is 2.48 bits per heavy atom. The van der Waals surface area contributed by atoms with Crippen LogP contribution in [-0.4, -0.2) is 29.4 Å². The minimum absolute atomic E-state index is 0.0995. The predicted octanol–water partition coefficient (Wildman–Crippen LogP) is 3.23. The second kappa shape index (κ2) is 6.99. The molecule has 1 atom stereocenters. The van der Waals surface area contributed by atoms with Gasteiger partial charge in [-0.3, -0.25) is 4.79 Å². The molecule has 1 unspecified atom stereocenters. The second-order valence-corrected chi connectivity index (χ2v) is 6.25. The first-order valence-corrected chi connectivity index (χ1v) is 8.56. The molecule has 1 aliphatic rings. The quantitative estimate of drug-likeness (QED) is 0.554. The molecule has 1 amide bonds. The maximum atomic E-state index is 12.4. The number of nitrogens with zero attached hydrogens (tertiary/aromatic N) is 1. The van der Waals surface area contributed by atoms with Gasteiger partial charge in [0.2, 0.25) is 6.10 Å². The molecule has 0 bridgehead atoms. The van der Waals surface area contributed by atoms with E-state index in [-0.39, 0.29) is 12.4 Å². The first-order valence-electron chi connectivity index (χ1n) is 8.56. The highest BCUT2D eigenvalue weighted by Crippen LogP contribution is 2.35. The van der Waals surface area contributed by atoms with Crippen LogP contribution in [0.4, 0.5) is 0 Å². The lowest BCUT2D eigenvalue weighted by Gasteiger charge is -2.25. The maximum absolute atomic E-state index is 12.4. The number of amides is 1. The number of aromatic hydroxyl groups is 1. The number of rotatable bonds is 3. The lowest BCUT2D eigenvalue weighted by atomic mass is 10.1. The van der Waals surface area contributed by atoms with Gasteiger partial charge >= 0.3 is 0 Å². The van der Waals surface area contributed by atoms with Gasteiger partial charge in [0.1, 0.15) is 12.4 Å². The first-order chi connectivity index (χ1) is 13.1. The molecular formula is C21H18N2O4. The van der Waals surface area contributed by atoms with Crippen LogP contribution in [0.15, 0.2) is 65.8 Å². The average Bonchev–Trinajstić information content (AvgIpc) is 2.70. The predicted molar refractivity (Wildman–Crippen MR) is 102 cm³/mol. The van der Waals surface area contributed by atoms with Crippen LogP contribution in [0.2, 0.25) is 0 Å². The Kier molecular flexibility index (Phi) is 4.38. The standard InChI is InChI=1S/C21H18N2O4/c1-13(16-8-4-5-9-17(16)24)22-23-21(25)20-12-26-18-10-14-6-2-3-7-15(14)11-19(18)27-20/h2-11,20,24H,12H2,1H3,(H,23,25). The van der Waals surface area contributed by atoms with Gasteiger partial charge in [-0.25, -0.2) is 5.43 Å². The fourth-order valence-electron chi connectivity index (χ4n) is 2.94. The second-order valence-electron chi connectivity index (χ2n) is 6.25. The fraction of sp³-hybridized carbons (Fsp3) is 0.143. The Labute approximate surface area is 156 Å². The summed E-state index contributed by atoms with van der Waals surface area (Å²) in [5.74, 6) is 0.836. The number of ether oxygens (including phenoxy) is 2. The van der Waals surface area contributed by atoms with Gasteiger partial charge in [-0.2, -0.15) is 5.10 Å². The van der Waals surface area contributed by atoms with E-state index in [1.165, 1.54) is 0 Å². The number of phenolic OH excluding ortho intramolecular Hbond substituents is 1. The summed E-state index contributed by atoms with van der Waals surface area (Å²) in [5.41, 5.74) is 3.52. The van der Waals surface area contributed by atoms with Crippen LogP contribution in [0.1, 0.15) is 12.5 Å². The third-order valence-corrected chi connectivity index (χ3v) is 4.39. The summed E-state index contributed by atoms with van der Waals surface area (Å²) >= 11 is 0. The number of carbonyl (C=O) groups is 1. The molecule has 1 heterocycles. The summed E-state index contributed by atoms with van der Waals surface area (Å²) < 4.78 is 11.5. The van der Waals surface area contributed by atoms with E-state index in [0.29, 0.717) is 22.8 Å². The monoisotopic (exact) mass is 362 g/mol. The van der Waals surface area contributed by atoms with Gasteiger partial charge in [0.15, 0.2) is 11.5 Å². The van der Waals surface area contributed by atoms with Crippen molar-refractivity contribution < 1.29 is 19.4 Å². The molecule has 0 spiro atoms. The largest absolute Gasteiger partial charge is 0.507 e. The number of hydrogen-bond donors (Lipinski definition) is 2. The van der Waals surface area contributed by atoms with Crippen molar-refractivity contribution in [2.75, 3.05) is 6.61 Å². The van der Waals surface area contributed by atoms with Crippen LogP contribution >= 0.6 is 0 Å². The normalized spacial score (nSPS) is 16.2. The molecule has 136 valence electrons. The topological polar surface area (TPSA) is 80.2 Å². The van der Waals surface area contributed by atoms with Crippen molar-refractivity contribution >= 4 is 22.4 Å². The molecule has 0 aromatic heterocycles. The van der Waals surface area contributed by atoms with Gasteiger partial charge in [0.25, 0.3) is 5.91 Å². The molecule has 27 heavy (non-hydrogen) atoms. The lowest BCUT2D eigenvalue weighted by Crippen LogP contribution is -2.42. The Hall–Kier alpha value is -3.54. The van der Waals surface area contributed by atoms with E-state index in [9.17, 15) is 9.90 Å². The molecule has 0 fully saturated rings. The Morgan fingerprint density at radius 2 is 1.74 bits per heavy atom. The zero-order chi connectivity index (χ0) is 18.8. The van der Waals surface area contributed by atoms with Gasteiger partial charge in [0.05, 0.1) is 5.71 Å². The molecule has 6 nitrogen and oxygen atoms in total. The number of fused-ring (bicyclic) bond motifs is 2. The number of benzene rings is 3. The van der Waals surface area contributed by atoms with Crippen LogP contribution in [0.5, 0.6) is 17.2 Å². The molecule has 3 aromatic carbocycles. The molecule has 1 aliphatic heterocycles. The minimum Gasteiger partial charge on any atom is -0.507 e. The molecule has 0 saturated carbocycles. The van der Waals surface area contributed by atoms with Crippen LogP contribution in [-0.2, 0) is 4.79 Å². The minimum atomic E-state index is -0.806. The zero-order valence-electron chi connectivity index (χ0n) is 14.7. The van der Waals surface area contributed by atoms with E-state index in [2.05, 4.69) is 10.5 Å². The van der Waals surface area contributed by atoms with Crippen LogP contribution in [0.25, 0.3) is 10.8 Å². The number of carbonyl (C=O) groups excluding carboxylic acids is 1. The molecule has 3 aromatic rings. The van der Waals surface area contributed by atoms with Crippen LogP contribution in [0, 0.1) is 0 Å². The molecular weight excluding hydrogens is 344 g/mol. The first kappa shape index (κ1) is 16.9. The molecule has 0 aliphatic carbocycles. The number of hydrazone groups is 1. The lowest BCUT2D eigenvalue weighted by molar-refractivity contribution is -0.130. The van der Waals surface area contributed by atoms with Crippen molar-refractivity contribution in [2.24, 2.45) is 5.10 Å².